The summed E-state index contributed by atoms with van der Waals surface area (Å²) in [5.41, 5.74) is 0.385. The highest BCUT2D eigenvalue weighted by molar-refractivity contribution is 7.13. The third-order valence-corrected chi connectivity index (χ3v) is 5.04. The smallest absolute Gasteiger partial charge is 0.254 e. The number of thiazole rings is 1. The zero-order valence-corrected chi connectivity index (χ0v) is 16.7. The van der Waals surface area contributed by atoms with Gasteiger partial charge in [0.15, 0.2) is 5.13 Å². The molecule has 1 atom stereocenters. The number of benzene rings is 1. The topological polar surface area (TPSA) is 90.0 Å². The largest absolute Gasteiger partial charge is 0.497 e. The second-order valence-corrected chi connectivity index (χ2v) is 7.20. The van der Waals surface area contributed by atoms with Crippen molar-refractivity contribution in [2.24, 2.45) is 0 Å². The van der Waals surface area contributed by atoms with Gasteiger partial charge in [0.05, 0.1) is 20.3 Å². The van der Waals surface area contributed by atoms with Gasteiger partial charge >= 0.3 is 0 Å². The molecule has 1 aromatic carbocycles. The highest BCUT2D eigenvalue weighted by Crippen LogP contribution is 2.24. The number of carbonyl (C=O) groups excluding carboxylic acids is 2. The van der Waals surface area contributed by atoms with Gasteiger partial charge in [-0.3, -0.25) is 9.59 Å². The molecule has 1 aliphatic rings. The van der Waals surface area contributed by atoms with E-state index in [-0.39, 0.29) is 24.5 Å². The lowest BCUT2D eigenvalue weighted by Gasteiger charge is -2.25. The molecule has 1 fully saturated rings. The van der Waals surface area contributed by atoms with Crippen LogP contribution >= 0.6 is 11.3 Å². The van der Waals surface area contributed by atoms with Crippen LogP contribution in [-0.4, -0.2) is 61.7 Å². The van der Waals surface area contributed by atoms with E-state index in [1.54, 1.807) is 29.8 Å². The Hall–Kier alpha value is -2.65. The van der Waals surface area contributed by atoms with Crippen molar-refractivity contribution in [1.82, 2.24) is 9.88 Å². The van der Waals surface area contributed by atoms with Gasteiger partial charge in [0, 0.05) is 36.4 Å². The Bertz CT molecular complexity index is 784. The minimum atomic E-state index is -0.309. The van der Waals surface area contributed by atoms with Crippen molar-refractivity contribution in [1.29, 1.82) is 0 Å². The van der Waals surface area contributed by atoms with Crippen LogP contribution in [0.4, 0.5) is 5.13 Å². The third-order valence-electron chi connectivity index (χ3n) is 4.35. The summed E-state index contributed by atoms with van der Waals surface area (Å²) >= 11 is 1.32. The number of hydrogen-bond donors (Lipinski definition) is 1. The first kappa shape index (κ1) is 20.1. The number of anilines is 1. The molecule has 9 heteroatoms. The normalized spacial score (nSPS) is 15.9. The van der Waals surface area contributed by atoms with Crippen LogP contribution in [0.15, 0.2) is 29.8 Å². The fraction of sp³-hybridized carbons (Fsp3) is 0.421. The summed E-state index contributed by atoms with van der Waals surface area (Å²) < 4.78 is 16.2. The first-order valence-electron chi connectivity index (χ1n) is 8.92. The highest BCUT2D eigenvalue weighted by atomic mass is 32.1. The molecule has 0 bridgehead atoms. The summed E-state index contributed by atoms with van der Waals surface area (Å²) in [6.45, 7) is 0.909. The lowest BCUT2D eigenvalue weighted by molar-refractivity contribution is -0.117. The molecule has 8 nitrogen and oxygen atoms in total. The maximum atomic E-state index is 13.2. The molecule has 2 amide bonds. The van der Waals surface area contributed by atoms with Gasteiger partial charge in [-0.15, -0.1) is 11.3 Å². The minimum absolute atomic E-state index is 0.0795. The average molecular weight is 405 g/mol. The first-order chi connectivity index (χ1) is 13.6. The number of amides is 2. The second-order valence-electron chi connectivity index (χ2n) is 6.31. The van der Waals surface area contributed by atoms with E-state index in [0.29, 0.717) is 35.3 Å². The summed E-state index contributed by atoms with van der Waals surface area (Å²) in [4.78, 5) is 31.2. The summed E-state index contributed by atoms with van der Waals surface area (Å²) in [5.74, 6) is 0.414. The van der Waals surface area contributed by atoms with Crippen molar-refractivity contribution in [2.45, 2.75) is 18.9 Å². The maximum Gasteiger partial charge on any atom is 0.254 e. The average Bonchev–Trinajstić information content (AvgIpc) is 3.40. The van der Waals surface area contributed by atoms with E-state index in [1.165, 1.54) is 30.5 Å². The number of methoxy groups -OCH3 is 2. The summed E-state index contributed by atoms with van der Waals surface area (Å²) in [6.07, 6.45) is 3.34. The van der Waals surface area contributed by atoms with Gasteiger partial charge in [0.2, 0.25) is 5.91 Å². The van der Waals surface area contributed by atoms with Crippen molar-refractivity contribution in [3.05, 3.63) is 35.3 Å². The zero-order valence-electron chi connectivity index (χ0n) is 15.8. The molecule has 1 N–H and O–H groups in total. The Kier molecular flexibility index (Phi) is 6.83. The molecule has 2 aromatic rings. The van der Waals surface area contributed by atoms with Gasteiger partial charge in [-0.1, -0.05) is 0 Å². The van der Waals surface area contributed by atoms with Gasteiger partial charge < -0.3 is 24.4 Å². The Morgan fingerprint density at radius 1 is 1.29 bits per heavy atom. The van der Waals surface area contributed by atoms with Gasteiger partial charge in [-0.2, -0.15) is 0 Å². The molecule has 0 saturated carbocycles. The minimum Gasteiger partial charge on any atom is -0.497 e. The Morgan fingerprint density at radius 2 is 2.04 bits per heavy atom. The molecule has 150 valence electrons. The first-order valence-corrected chi connectivity index (χ1v) is 9.80. The summed E-state index contributed by atoms with van der Waals surface area (Å²) in [6, 6.07) is 4.95. The van der Waals surface area contributed by atoms with Gasteiger partial charge in [-0.25, -0.2) is 4.98 Å². The van der Waals surface area contributed by atoms with Crippen molar-refractivity contribution in [3.63, 3.8) is 0 Å². The van der Waals surface area contributed by atoms with Crippen molar-refractivity contribution in [2.75, 3.05) is 39.2 Å². The Balaban J connectivity index is 1.78. The molecule has 1 saturated heterocycles. The van der Waals surface area contributed by atoms with Crippen LogP contribution in [0, 0.1) is 0 Å². The molecule has 0 spiro atoms. The van der Waals surface area contributed by atoms with E-state index in [0.717, 1.165) is 12.8 Å². The Labute approximate surface area is 167 Å². The molecule has 3 rings (SSSR count). The van der Waals surface area contributed by atoms with E-state index in [1.807, 2.05) is 0 Å². The molecule has 2 heterocycles. The molecular weight excluding hydrogens is 382 g/mol. The monoisotopic (exact) mass is 405 g/mol. The third kappa shape index (κ3) is 5.20. The number of aromatic nitrogens is 1. The molecule has 0 aliphatic carbocycles. The van der Waals surface area contributed by atoms with E-state index in [4.69, 9.17) is 14.2 Å². The van der Waals surface area contributed by atoms with Crippen molar-refractivity contribution in [3.8, 4) is 11.5 Å². The van der Waals surface area contributed by atoms with Crippen molar-refractivity contribution < 1.29 is 23.8 Å². The second kappa shape index (κ2) is 9.52. The predicted molar refractivity (Wildman–Crippen MR) is 105 cm³/mol. The maximum absolute atomic E-state index is 13.2. The van der Waals surface area contributed by atoms with Gasteiger partial charge in [-0.05, 0) is 25.0 Å². The lowest BCUT2D eigenvalue weighted by Crippen LogP contribution is -2.42. The molecule has 1 aliphatic heterocycles. The van der Waals surface area contributed by atoms with E-state index in [9.17, 15) is 9.59 Å². The number of carbonyl (C=O) groups is 2. The fourth-order valence-electron chi connectivity index (χ4n) is 2.98. The highest BCUT2D eigenvalue weighted by Gasteiger charge is 2.26. The van der Waals surface area contributed by atoms with E-state index < -0.39 is 0 Å². The molecule has 1 aromatic heterocycles. The van der Waals surface area contributed by atoms with Crippen LogP contribution in [0.25, 0.3) is 0 Å². The van der Waals surface area contributed by atoms with Crippen LogP contribution < -0.4 is 14.8 Å². The number of nitrogens with zero attached hydrogens (tertiary/aromatic N) is 2. The lowest BCUT2D eigenvalue weighted by atomic mass is 10.1. The molecule has 0 radical (unpaired) electrons. The summed E-state index contributed by atoms with van der Waals surface area (Å²) in [7, 11) is 3.04. The quantitative estimate of drug-likeness (QED) is 0.725. The Morgan fingerprint density at radius 3 is 2.61 bits per heavy atom. The number of ether oxygens (including phenoxy) is 3. The van der Waals surface area contributed by atoms with Crippen LogP contribution in [0.3, 0.4) is 0 Å². The van der Waals surface area contributed by atoms with Crippen LogP contribution in [0.1, 0.15) is 23.2 Å². The molecular formula is C19H23N3O5S. The summed E-state index contributed by atoms with van der Waals surface area (Å²) in [5, 5.41) is 4.98. The van der Waals surface area contributed by atoms with Crippen molar-refractivity contribution >= 4 is 28.3 Å². The molecule has 0 unspecified atom stereocenters. The van der Waals surface area contributed by atoms with Gasteiger partial charge in [0.1, 0.15) is 18.0 Å². The van der Waals surface area contributed by atoms with Crippen LogP contribution in [-0.2, 0) is 9.53 Å². The number of rotatable bonds is 8. The van der Waals surface area contributed by atoms with Crippen LogP contribution in [0.5, 0.6) is 11.5 Å². The van der Waals surface area contributed by atoms with Crippen LogP contribution in [0.2, 0.25) is 0 Å². The van der Waals surface area contributed by atoms with Gasteiger partial charge in [0.25, 0.3) is 5.91 Å². The zero-order chi connectivity index (χ0) is 19.9. The fourth-order valence-corrected chi connectivity index (χ4v) is 3.53. The number of nitrogens with one attached hydrogen (secondary N) is 1. The predicted octanol–water partition coefficient (Wildman–Crippen LogP) is 2.42. The van der Waals surface area contributed by atoms with E-state index in [2.05, 4.69) is 10.3 Å². The van der Waals surface area contributed by atoms with E-state index >= 15 is 0 Å². The number of hydrogen-bond acceptors (Lipinski definition) is 7. The standard InChI is InChI=1S/C19H23N3O5S/c1-25-15-8-13(9-16(10-15)26-2)18(24)22(11-14-4-3-6-27-14)12-17(23)21-19-20-5-7-28-19/h5,7-10,14H,3-4,6,11-12H2,1-2H3,(H,20,21,23)/t14-/m0/s1. The molecule has 28 heavy (non-hydrogen) atoms. The SMILES string of the molecule is COc1cc(OC)cc(C(=O)N(CC(=O)Nc2nccs2)C[C@@H]2CCCO2)c1.